The van der Waals surface area contributed by atoms with Gasteiger partial charge in [0.2, 0.25) is 0 Å². The van der Waals surface area contributed by atoms with Crippen LogP contribution in [0.2, 0.25) is 0 Å². The lowest BCUT2D eigenvalue weighted by molar-refractivity contribution is -0.384. The molecule has 3 heterocycles. The van der Waals surface area contributed by atoms with Gasteiger partial charge in [-0.3, -0.25) is 14.9 Å². The van der Waals surface area contributed by atoms with Crippen molar-refractivity contribution in [2.75, 3.05) is 18.0 Å². The van der Waals surface area contributed by atoms with Crippen molar-refractivity contribution in [2.24, 2.45) is 5.10 Å². The van der Waals surface area contributed by atoms with Gasteiger partial charge in [0.15, 0.2) is 0 Å². The molecule has 1 aliphatic heterocycles. The van der Waals surface area contributed by atoms with E-state index in [0.29, 0.717) is 10.9 Å². The van der Waals surface area contributed by atoms with Crippen molar-refractivity contribution in [1.82, 2.24) is 9.66 Å². The van der Waals surface area contributed by atoms with Crippen LogP contribution in [0.15, 0.2) is 34.4 Å². The van der Waals surface area contributed by atoms with Crippen molar-refractivity contribution in [3.05, 3.63) is 61.0 Å². The van der Waals surface area contributed by atoms with E-state index < -0.39 is 4.92 Å². The summed E-state index contributed by atoms with van der Waals surface area (Å²) in [7, 11) is 0. The molecule has 3 aromatic rings. The fourth-order valence-electron chi connectivity index (χ4n) is 4.53. The SMILES string of the molecule is O=c1c2c3c(sc2ncn1N=Cc1cc([N+](=O)[O-])ccc1N1CCCCC1)CCCC3. The van der Waals surface area contributed by atoms with Gasteiger partial charge < -0.3 is 4.90 Å². The molecular formula is C22H23N5O3S. The van der Waals surface area contributed by atoms with Crippen molar-refractivity contribution in [3.63, 3.8) is 0 Å². The standard InChI is InChI=1S/C22H23N5O3S/c28-22-20-17-6-2-3-7-19(17)31-21(20)23-14-26(22)24-13-15-12-16(27(29)30)8-9-18(15)25-10-4-1-5-11-25/h8-9,12-14H,1-7,10-11H2. The van der Waals surface area contributed by atoms with Crippen LogP contribution in [-0.2, 0) is 12.8 Å². The lowest BCUT2D eigenvalue weighted by Gasteiger charge is -2.29. The Morgan fingerprint density at radius 3 is 2.74 bits per heavy atom. The highest BCUT2D eigenvalue weighted by Gasteiger charge is 2.20. The van der Waals surface area contributed by atoms with Crippen LogP contribution in [-0.4, -0.2) is 33.9 Å². The van der Waals surface area contributed by atoms with Crippen LogP contribution < -0.4 is 10.5 Å². The highest BCUT2D eigenvalue weighted by Crippen LogP contribution is 2.33. The van der Waals surface area contributed by atoms with E-state index in [1.165, 1.54) is 34.4 Å². The van der Waals surface area contributed by atoms with E-state index in [9.17, 15) is 14.9 Å². The summed E-state index contributed by atoms with van der Waals surface area (Å²) in [5.74, 6) is 0. The normalized spacial score (nSPS) is 16.7. The van der Waals surface area contributed by atoms with E-state index in [4.69, 9.17) is 0 Å². The Hall–Kier alpha value is -3.07. The predicted octanol–water partition coefficient (Wildman–Crippen LogP) is 4.12. The molecule has 1 fully saturated rings. The third-order valence-electron chi connectivity index (χ3n) is 6.10. The van der Waals surface area contributed by atoms with Crippen molar-refractivity contribution >= 4 is 39.1 Å². The number of aromatic nitrogens is 2. The number of nitro groups is 1. The van der Waals surface area contributed by atoms with Crippen LogP contribution in [0.5, 0.6) is 0 Å². The Kier molecular flexibility index (Phi) is 5.27. The molecule has 8 nitrogen and oxygen atoms in total. The van der Waals surface area contributed by atoms with E-state index in [-0.39, 0.29) is 11.2 Å². The van der Waals surface area contributed by atoms with Gasteiger partial charge in [-0.1, -0.05) is 0 Å². The minimum Gasteiger partial charge on any atom is -0.371 e. The second kappa shape index (κ2) is 8.22. The molecule has 0 spiro atoms. The molecule has 0 amide bonds. The fraction of sp³-hybridized carbons (Fsp3) is 0.409. The first kappa shape index (κ1) is 19.9. The summed E-state index contributed by atoms with van der Waals surface area (Å²) in [6, 6.07) is 4.83. The van der Waals surface area contributed by atoms with Gasteiger partial charge in [-0.15, -0.1) is 11.3 Å². The zero-order chi connectivity index (χ0) is 21.4. The summed E-state index contributed by atoms with van der Waals surface area (Å²) in [5.41, 5.74) is 2.50. The Bertz CT molecular complexity index is 1240. The van der Waals surface area contributed by atoms with E-state index in [0.717, 1.165) is 67.7 Å². The van der Waals surface area contributed by atoms with Crippen LogP contribution in [0, 0.1) is 10.1 Å². The molecule has 0 N–H and O–H groups in total. The second-order valence-corrected chi connectivity index (χ2v) is 9.16. The molecule has 0 atom stereocenters. The lowest BCUT2D eigenvalue weighted by atomic mass is 9.97. The average Bonchev–Trinajstić information content (AvgIpc) is 3.18. The summed E-state index contributed by atoms with van der Waals surface area (Å²) in [5, 5.41) is 16.4. The Balaban J connectivity index is 1.56. The number of non-ortho nitro benzene ring substituents is 1. The quantitative estimate of drug-likeness (QED) is 0.348. The molecule has 0 unspecified atom stereocenters. The van der Waals surface area contributed by atoms with Gasteiger partial charge in [-0.2, -0.15) is 9.78 Å². The van der Waals surface area contributed by atoms with Crippen LogP contribution in [0.25, 0.3) is 10.2 Å². The van der Waals surface area contributed by atoms with Gasteiger partial charge in [0.1, 0.15) is 11.2 Å². The first-order valence-corrected chi connectivity index (χ1v) is 11.5. The molecule has 0 saturated carbocycles. The number of nitro benzene ring substituents is 1. The monoisotopic (exact) mass is 437 g/mol. The molecule has 2 aromatic heterocycles. The number of anilines is 1. The first-order valence-electron chi connectivity index (χ1n) is 10.7. The Labute approximate surface area is 183 Å². The maximum atomic E-state index is 13.1. The van der Waals surface area contributed by atoms with E-state index in [1.807, 2.05) is 0 Å². The molecule has 0 bridgehead atoms. The summed E-state index contributed by atoms with van der Waals surface area (Å²) in [4.78, 5) is 32.8. The Morgan fingerprint density at radius 1 is 1.13 bits per heavy atom. The molecule has 1 aromatic carbocycles. The van der Waals surface area contributed by atoms with Crippen molar-refractivity contribution in [1.29, 1.82) is 0 Å². The number of hydrogen-bond donors (Lipinski definition) is 0. The zero-order valence-electron chi connectivity index (χ0n) is 17.1. The topological polar surface area (TPSA) is 93.6 Å². The van der Waals surface area contributed by atoms with Gasteiger partial charge >= 0.3 is 0 Å². The predicted molar refractivity (Wildman–Crippen MR) is 123 cm³/mol. The van der Waals surface area contributed by atoms with Crippen LogP contribution in [0.1, 0.15) is 48.1 Å². The number of piperidine rings is 1. The lowest BCUT2D eigenvalue weighted by Crippen LogP contribution is -2.30. The summed E-state index contributed by atoms with van der Waals surface area (Å²) in [6.07, 6.45) is 10.5. The summed E-state index contributed by atoms with van der Waals surface area (Å²) >= 11 is 1.61. The second-order valence-electron chi connectivity index (χ2n) is 8.08. The van der Waals surface area contributed by atoms with Crippen molar-refractivity contribution in [3.8, 4) is 0 Å². The maximum absolute atomic E-state index is 13.1. The number of benzene rings is 1. The third-order valence-corrected chi connectivity index (χ3v) is 7.30. The largest absolute Gasteiger partial charge is 0.371 e. The van der Waals surface area contributed by atoms with Gasteiger partial charge in [-0.25, -0.2) is 4.98 Å². The van der Waals surface area contributed by atoms with Gasteiger partial charge in [0.05, 0.1) is 16.5 Å². The minimum absolute atomic E-state index is 0.00929. The molecule has 2 aliphatic rings. The maximum Gasteiger partial charge on any atom is 0.282 e. The summed E-state index contributed by atoms with van der Waals surface area (Å²) < 4.78 is 1.25. The van der Waals surface area contributed by atoms with E-state index >= 15 is 0 Å². The number of nitrogens with zero attached hydrogens (tertiary/aromatic N) is 5. The van der Waals surface area contributed by atoms with Crippen LogP contribution in [0.3, 0.4) is 0 Å². The van der Waals surface area contributed by atoms with Crippen LogP contribution >= 0.6 is 11.3 Å². The zero-order valence-corrected chi connectivity index (χ0v) is 17.9. The molecule has 9 heteroatoms. The Morgan fingerprint density at radius 2 is 1.94 bits per heavy atom. The van der Waals surface area contributed by atoms with Crippen molar-refractivity contribution < 1.29 is 4.92 Å². The fourth-order valence-corrected chi connectivity index (χ4v) is 5.74. The highest BCUT2D eigenvalue weighted by molar-refractivity contribution is 7.18. The van der Waals surface area contributed by atoms with Crippen molar-refractivity contribution in [2.45, 2.75) is 44.9 Å². The molecule has 160 valence electrons. The van der Waals surface area contributed by atoms with Gasteiger partial charge in [0, 0.05) is 41.4 Å². The molecule has 31 heavy (non-hydrogen) atoms. The van der Waals surface area contributed by atoms with Gasteiger partial charge in [-0.05, 0) is 56.6 Å². The summed E-state index contributed by atoms with van der Waals surface area (Å²) in [6.45, 7) is 1.82. The smallest absolute Gasteiger partial charge is 0.282 e. The number of hydrogen-bond acceptors (Lipinski definition) is 7. The van der Waals surface area contributed by atoms with Crippen LogP contribution in [0.4, 0.5) is 11.4 Å². The first-order chi connectivity index (χ1) is 15.1. The minimum atomic E-state index is -0.408. The molecule has 1 aliphatic carbocycles. The highest BCUT2D eigenvalue weighted by atomic mass is 32.1. The van der Waals surface area contributed by atoms with Gasteiger partial charge in [0.25, 0.3) is 11.2 Å². The number of thiophene rings is 1. The molecular weight excluding hydrogens is 414 g/mol. The number of fused-ring (bicyclic) bond motifs is 3. The molecule has 5 rings (SSSR count). The van der Waals surface area contributed by atoms with E-state index in [2.05, 4.69) is 15.0 Å². The average molecular weight is 438 g/mol. The molecule has 1 saturated heterocycles. The van der Waals surface area contributed by atoms with E-state index in [1.54, 1.807) is 23.6 Å². The number of aryl methyl sites for hydroxylation is 2. The molecule has 0 radical (unpaired) electrons. The third kappa shape index (κ3) is 3.74. The number of rotatable bonds is 4.